The lowest BCUT2D eigenvalue weighted by Gasteiger charge is -2.34. The molecule has 0 aromatic heterocycles. The van der Waals surface area contributed by atoms with Crippen LogP contribution in [0, 0.1) is 5.41 Å². The van der Waals surface area contributed by atoms with Gasteiger partial charge in [-0.25, -0.2) is 0 Å². The van der Waals surface area contributed by atoms with Crippen LogP contribution in [0.1, 0.15) is 46.0 Å². The summed E-state index contributed by atoms with van der Waals surface area (Å²) >= 11 is 9.48. The van der Waals surface area contributed by atoms with Crippen LogP contribution < -0.4 is 5.32 Å². The van der Waals surface area contributed by atoms with Crippen LogP contribution in [0.15, 0.2) is 22.7 Å². The van der Waals surface area contributed by atoms with Crippen LogP contribution in [-0.2, 0) is 0 Å². The molecular formula is C16H23BrClNO. The molecule has 0 spiro atoms. The first-order chi connectivity index (χ1) is 9.36. The third-order valence-electron chi connectivity index (χ3n) is 4.42. The van der Waals surface area contributed by atoms with Crippen LogP contribution in [0.5, 0.6) is 0 Å². The molecule has 2 N–H and O–H groups in total. The van der Waals surface area contributed by atoms with E-state index < -0.39 is 0 Å². The monoisotopic (exact) mass is 359 g/mol. The number of halogens is 2. The highest BCUT2D eigenvalue weighted by Gasteiger charge is 2.35. The summed E-state index contributed by atoms with van der Waals surface area (Å²) in [5.74, 6) is 0. The van der Waals surface area contributed by atoms with E-state index in [9.17, 15) is 5.11 Å². The summed E-state index contributed by atoms with van der Waals surface area (Å²) in [5, 5.41) is 14.2. The predicted octanol–water partition coefficient (Wildman–Crippen LogP) is 5.24. The maximum atomic E-state index is 9.92. The Bertz CT molecular complexity index is 478. The van der Waals surface area contributed by atoms with E-state index in [1.807, 2.05) is 18.2 Å². The van der Waals surface area contributed by atoms with Gasteiger partial charge in [-0.3, -0.25) is 0 Å². The zero-order valence-corrected chi connectivity index (χ0v) is 14.5. The maximum Gasteiger partial charge on any atom is 0.0661 e. The minimum absolute atomic E-state index is 0.170. The maximum absolute atomic E-state index is 9.92. The Balaban J connectivity index is 2.16. The molecule has 1 aromatic carbocycles. The molecule has 0 bridgehead atoms. The van der Waals surface area contributed by atoms with E-state index in [4.69, 9.17) is 11.6 Å². The van der Waals surface area contributed by atoms with Crippen LogP contribution in [0.3, 0.4) is 0 Å². The van der Waals surface area contributed by atoms with Gasteiger partial charge in [-0.15, -0.1) is 0 Å². The number of anilines is 1. The highest BCUT2D eigenvalue weighted by atomic mass is 79.9. The zero-order chi connectivity index (χ0) is 14.8. The average molecular weight is 361 g/mol. The Kier molecular flexibility index (Phi) is 5.04. The zero-order valence-electron chi connectivity index (χ0n) is 12.2. The number of rotatable bonds is 3. The van der Waals surface area contributed by atoms with Crippen molar-refractivity contribution in [3.8, 4) is 0 Å². The van der Waals surface area contributed by atoms with Gasteiger partial charge < -0.3 is 10.4 Å². The van der Waals surface area contributed by atoms with Crippen LogP contribution in [0.2, 0.25) is 5.02 Å². The first-order valence-electron chi connectivity index (χ1n) is 7.20. The van der Waals surface area contributed by atoms with E-state index in [1.54, 1.807) is 0 Å². The van der Waals surface area contributed by atoms with Gasteiger partial charge in [0.05, 0.1) is 17.2 Å². The van der Waals surface area contributed by atoms with Gasteiger partial charge in [0.25, 0.3) is 0 Å². The molecule has 1 unspecified atom stereocenters. The van der Waals surface area contributed by atoms with Crippen molar-refractivity contribution in [1.82, 2.24) is 0 Å². The molecule has 0 heterocycles. The van der Waals surface area contributed by atoms with Crippen LogP contribution >= 0.6 is 27.5 Å². The van der Waals surface area contributed by atoms with Crippen LogP contribution in [0.25, 0.3) is 0 Å². The second-order valence-electron chi connectivity index (χ2n) is 6.71. The average Bonchev–Trinajstić information content (AvgIpc) is 2.54. The molecule has 1 aliphatic rings. The number of hydrogen-bond acceptors (Lipinski definition) is 2. The summed E-state index contributed by atoms with van der Waals surface area (Å²) in [6.45, 7) is 4.81. The highest BCUT2D eigenvalue weighted by Crippen LogP contribution is 2.39. The molecule has 1 fully saturated rings. The Labute approximate surface area is 135 Å². The Morgan fingerprint density at radius 3 is 2.65 bits per heavy atom. The molecule has 0 radical (unpaired) electrons. The quantitative estimate of drug-likeness (QED) is 0.723. The standard InChI is InChI=1S/C16H23BrClNO/c1-15(2)6-3-7-16(11-20,9-8-15)19-12-4-5-14(18)13(17)10-12/h4-5,10,19-20H,3,6-9,11H2,1-2H3. The second kappa shape index (κ2) is 6.25. The molecule has 0 aliphatic heterocycles. The second-order valence-corrected chi connectivity index (χ2v) is 7.97. The number of nitrogens with one attached hydrogen (secondary N) is 1. The molecule has 2 nitrogen and oxygen atoms in total. The first-order valence-corrected chi connectivity index (χ1v) is 8.37. The highest BCUT2D eigenvalue weighted by molar-refractivity contribution is 9.10. The lowest BCUT2D eigenvalue weighted by atomic mass is 9.83. The predicted molar refractivity (Wildman–Crippen MR) is 89.5 cm³/mol. The number of benzene rings is 1. The van der Waals surface area contributed by atoms with Gasteiger partial charge in [0, 0.05) is 10.2 Å². The fourth-order valence-corrected chi connectivity index (χ4v) is 3.43. The van der Waals surface area contributed by atoms with Gasteiger partial charge in [0.2, 0.25) is 0 Å². The van der Waals surface area contributed by atoms with Crippen molar-refractivity contribution < 1.29 is 5.11 Å². The molecule has 0 amide bonds. The number of hydrogen-bond donors (Lipinski definition) is 2. The van der Waals surface area contributed by atoms with E-state index in [0.29, 0.717) is 10.4 Å². The Hall–Kier alpha value is -0.250. The first kappa shape index (κ1) is 16.1. The van der Waals surface area contributed by atoms with Gasteiger partial charge in [-0.2, -0.15) is 0 Å². The molecule has 20 heavy (non-hydrogen) atoms. The van der Waals surface area contributed by atoms with Crippen molar-refractivity contribution in [2.24, 2.45) is 5.41 Å². The summed E-state index contributed by atoms with van der Waals surface area (Å²) in [7, 11) is 0. The molecule has 1 saturated carbocycles. The third-order valence-corrected chi connectivity index (χ3v) is 5.63. The summed E-state index contributed by atoms with van der Waals surface area (Å²) < 4.78 is 0.881. The fourth-order valence-electron chi connectivity index (χ4n) is 2.94. The van der Waals surface area contributed by atoms with Crippen molar-refractivity contribution in [2.75, 3.05) is 11.9 Å². The number of aliphatic hydroxyl groups excluding tert-OH is 1. The van der Waals surface area contributed by atoms with Crippen molar-refractivity contribution in [3.05, 3.63) is 27.7 Å². The van der Waals surface area contributed by atoms with E-state index in [-0.39, 0.29) is 12.1 Å². The van der Waals surface area contributed by atoms with Crippen LogP contribution in [0.4, 0.5) is 5.69 Å². The Morgan fingerprint density at radius 2 is 2.00 bits per heavy atom. The molecule has 2 rings (SSSR count). The molecule has 4 heteroatoms. The van der Waals surface area contributed by atoms with Gasteiger partial charge in [-0.1, -0.05) is 31.9 Å². The largest absolute Gasteiger partial charge is 0.394 e. The molecule has 1 atom stereocenters. The summed E-state index contributed by atoms with van der Waals surface area (Å²) in [6.07, 6.45) is 5.51. The van der Waals surface area contributed by atoms with E-state index in [1.165, 1.54) is 6.42 Å². The molecular weight excluding hydrogens is 338 g/mol. The minimum atomic E-state index is -0.207. The summed E-state index contributed by atoms with van der Waals surface area (Å²) in [4.78, 5) is 0. The van der Waals surface area contributed by atoms with Crippen molar-refractivity contribution in [2.45, 2.75) is 51.5 Å². The molecule has 0 saturated heterocycles. The Morgan fingerprint density at radius 1 is 1.25 bits per heavy atom. The van der Waals surface area contributed by atoms with E-state index in [0.717, 1.165) is 35.8 Å². The SMILES string of the molecule is CC1(C)CCCC(CO)(Nc2ccc(Cl)c(Br)c2)CC1. The van der Waals surface area contributed by atoms with Gasteiger partial charge in [0.1, 0.15) is 0 Å². The van der Waals surface area contributed by atoms with Crippen molar-refractivity contribution in [1.29, 1.82) is 0 Å². The minimum Gasteiger partial charge on any atom is -0.394 e. The fraction of sp³-hybridized carbons (Fsp3) is 0.625. The third kappa shape index (κ3) is 3.90. The number of aliphatic hydroxyl groups is 1. The molecule has 112 valence electrons. The van der Waals surface area contributed by atoms with Gasteiger partial charge in [0.15, 0.2) is 0 Å². The molecule has 1 aromatic rings. The topological polar surface area (TPSA) is 32.3 Å². The summed E-state index contributed by atoms with van der Waals surface area (Å²) in [5.41, 5.74) is 1.18. The van der Waals surface area contributed by atoms with Gasteiger partial charge >= 0.3 is 0 Å². The van der Waals surface area contributed by atoms with Crippen molar-refractivity contribution >= 4 is 33.2 Å². The lowest BCUT2D eigenvalue weighted by molar-refractivity contribution is 0.191. The lowest BCUT2D eigenvalue weighted by Crippen LogP contribution is -2.41. The van der Waals surface area contributed by atoms with E-state index >= 15 is 0 Å². The normalized spacial score (nSPS) is 26.1. The van der Waals surface area contributed by atoms with E-state index in [2.05, 4.69) is 35.1 Å². The molecule has 1 aliphatic carbocycles. The smallest absolute Gasteiger partial charge is 0.0661 e. The van der Waals surface area contributed by atoms with Crippen molar-refractivity contribution in [3.63, 3.8) is 0 Å². The van der Waals surface area contributed by atoms with Gasteiger partial charge in [-0.05, 0) is 65.2 Å². The van der Waals surface area contributed by atoms with Crippen LogP contribution in [-0.4, -0.2) is 17.3 Å². The summed E-state index contributed by atoms with van der Waals surface area (Å²) in [6, 6.07) is 5.83.